The Kier molecular flexibility index (Phi) is 6.83. The molecule has 7 rings (SSSR count). The Labute approximate surface area is 244 Å². The second-order valence-corrected chi connectivity index (χ2v) is 10.7. The predicted molar refractivity (Wildman–Crippen MR) is 168 cm³/mol. The van der Waals surface area contributed by atoms with Crippen molar-refractivity contribution in [1.82, 2.24) is 19.9 Å². The van der Waals surface area contributed by atoms with Crippen molar-refractivity contribution in [1.29, 1.82) is 0 Å². The molecule has 0 spiro atoms. The summed E-state index contributed by atoms with van der Waals surface area (Å²) in [6.45, 7) is 1.97. The first-order valence-corrected chi connectivity index (χ1v) is 14.3. The van der Waals surface area contributed by atoms with Crippen LogP contribution in [0.25, 0.3) is 33.7 Å². The quantitative estimate of drug-likeness (QED) is 0.224. The average molecular weight is 557 g/mol. The van der Waals surface area contributed by atoms with Crippen molar-refractivity contribution in [3.05, 3.63) is 121 Å². The minimum absolute atomic E-state index is 0.338. The van der Waals surface area contributed by atoms with Crippen molar-refractivity contribution in [2.45, 2.75) is 18.9 Å². The van der Waals surface area contributed by atoms with Crippen molar-refractivity contribution in [3.63, 3.8) is 0 Å². The Bertz CT molecular complexity index is 1780. The molecule has 0 aliphatic carbocycles. The molecule has 1 aliphatic rings. The van der Waals surface area contributed by atoms with Gasteiger partial charge in [-0.05, 0) is 67.4 Å². The van der Waals surface area contributed by atoms with Crippen LogP contribution in [0.2, 0.25) is 5.02 Å². The molecule has 0 unspecified atom stereocenters. The van der Waals surface area contributed by atoms with Gasteiger partial charge < -0.3 is 14.8 Å². The van der Waals surface area contributed by atoms with Crippen LogP contribution < -0.4 is 9.80 Å². The van der Waals surface area contributed by atoms with Crippen LogP contribution in [0.5, 0.6) is 0 Å². The lowest BCUT2D eigenvalue weighted by Gasteiger charge is -2.40. The van der Waals surface area contributed by atoms with E-state index in [-0.39, 0.29) is 0 Å². The van der Waals surface area contributed by atoms with Crippen LogP contribution in [0.1, 0.15) is 12.8 Å². The van der Waals surface area contributed by atoms with Crippen molar-refractivity contribution in [2.75, 3.05) is 22.9 Å². The number of nitrogens with one attached hydrogen (secondary N) is 1. The molecule has 41 heavy (non-hydrogen) atoms. The van der Waals surface area contributed by atoms with Gasteiger partial charge in [0.25, 0.3) is 0 Å². The first-order chi connectivity index (χ1) is 20.2. The van der Waals surface area contributed by atoms with E-state index in [0.29, 0.717) is 11.1 Å². The number of halogens is 1. The van der Waals surface area contributed by atoms with E-state index in [1.54, 1.807) is 0 Å². The fraction of sp³-hybridized carbons (Fsp3) is 0.147. The number of rotatable bonds is 6. The molecule has 3 aromatic heterocycles. The third-order valence-electron chi connectivity index (χ3n) is 7.77. The predicted octanol–water partition coefficient (Wildman–Crippen LogP) is 8.15. The summed E-state index contributed by atoms with van der Waals surface area (Å²) < 4.78 is 0. The largest absolute Gasteiger partial charge is 0.371 e. The molecule has 0 bridgehead atoms. The van der Waals surface area contributed by atoms with E-state index in [1.807, 2.05) is 30.6 Å². The zero-order valence-electron chi connectivity index (χ0n) is 22.5. The van der Waals surface area contributed by atoms with Gasteiger partial charge in [0.2, 0.25) is 0 Å². The number of benzene rings is 3. The number of anilines is 3. The summed E-state index contributed by atoms with van der Waals surface area (Å²) in [6, 6.07) is 35.6. The summed E-state index contributed by atoms with van der Waals surface area (Å²) in [6.07, 6.45) is 5.80. The number of H-pyrrole nitrogens is 1. The standard InChI is InChI=1S/C34H29ClN6/c35-29-11-5-13-31-33(29)39-34(38-31)25-8-4-7-24(23-25)30-12-6-14-32(37-30)41(27-9-2-1-3-10-27)28-17-21-40(22-18-28)26-15-19-36-20-16-26/h1-16,19-20,23,28H,17-18,21-22H2,(H,38,39). The van der Waals surface area contributed by atoms with Gasteiger partial charge in [0.15, 0.2) is 0 Å². The number of aromatic nitrogens is 4. The maximum Gasteiger partial charge on any atom is 0.138 e. The van der Waals surface area contributed by atoms with Crippen molar-refractivity contribution < 1.29 is 0 Å². The maximum absolute atomic E-state index is 6.38. The highest BCUT2D eigenvalue weighted by Gasteiger charge is 2.27. The molecule has 4 heterocycles. The van der Waals surface area contributed by atoms with Gasteiger partial charge in [0.1, 0.15) is 17.2 Å². The second-order valence-electron chi connectivity index (χ2n) is 10.3. The molecule has 3 aromatic carbocycles. The third-order valence-corrected chi connectivity index (χ3v) is 8.07. The first-order valence-electron chi connectivity index (χ1n) is 13.9. The Hall–Kier alpha value is -4.68. The molecule has 0 atom stereocenters. The van der Waals surface area contributed by atoms with Gasteiger partial charge in [0.05, 0.1) is 16.2 Å². The van der Waals surface area contributed by atoms with Gasteiger partial charge in [-0.15, -0.1) is 0 Å². The highest BCUT2D eigenvalue weighted by Crippen LogP contribution is 2.34. The number of nitrogens with zero attached hydrogens (tertiary/aromatic N) is 5. The van der Waals surface area contributed by atoms with E-state index in [0.717, 1.165) is 71.1 Å². The van der Waals surface area contributed by atoms with Crippen LogP contribution in [0.3, 0.4) is 0 Å². The number of pyridine rings is 2. The fourth-order valence-electron chi connectivity index (χ4n) is 5.73. The van der Waals surface area contributed by atoms with Crippen molar-refractivity contribution in [2.24, 2.45) is 0 Å². The Balaban J connectivity index is 1.20. The lowest BCUT2D eigenvalue weighted by molar-refractivity contribution is 0.491. The normalized spacial score (nSPS) is 13.9. The summed E-state index contributed by atoms with van der Waals surface area (Å²) in [7, 11) is 0. The Morgan fingerprint density at radius 2 is 1.51 bits per heavy atom. The van der Waals surface area contributed by atoms with Gasteiger partial charge in [-0.1, -0.05) is 60.1 Å². The van der Waals surface area contributed by atoms with Gasteiger partial charge in [0, 0.05) is 54.0 Å². The minimum Gasteiger partial charge on any atom is -0.371 e. The molecule has 1 aliphatic heterocycles. The molecule has 1 fully saturated rings. The van der Waals surface area contributed by atoms with Gasteiger partial charge in [-0.3, -0.25) is 4.98 Å². The molecule has 202 valence electrons. The van der Waals surface area contributed by atoms with Crippen LogP contribution >= 0.6 is 11.6 Å². The number of aromatic amines is 1. The van der Waals surface area contributed by atoms with Crippen molar-refractivity contribution >= 4 is 39.8 Å². The maximum atomic E-state index is 6.38. The van der Waals surface area contributed by atoms with E-state index in [2.05, 4.69) is 105 Å². The van der Waals surface area contributed by atoms with E-state index < -0.39 is 0 Å². The molecular formula is C34H29ClN6. The first kappa shape index (κ1) is 25.3. The number of piperidine rings is 1. The van der Waals surface area contributed by atoms with Gasteiger partial charge in [-0.25, -0.2) is 9.97 Å². The van der Waals surface area contributed by atoms with E-state index >= 15 is 0 Å². The van der Waals surface area contributed by atoms with Crippen molar-refractivity contribution in [3.8, 4) is 22.6 Å². The molecule has 6 nitrogen and oxygen atoms in total. The third kappa shape index (κ3) is 5.14. The zero-order chi connectivity index (χ0) is 27.6. The summed E-state index contributed by atoms with van der Waals surface area (Å²) in [5.41, 5.74) is 7.05. The number of para-hydroxylation sites is 2. The molecule has 6 aromatic rings. The van der Waals surface area contributed by atoms with Gasteiger partial charge in [-0.2, -0.15) is 0 Å². The molecule has 7 heteroatoms. The SMILES string of the molecule is Clc1cccc2[nH]c(-c3cccc(-c4cccc(N(c5ccccc5)C5CCN(c6ccncc6)CC5)n4)c3)nc12. The summed E-state index contributed by atoms with van der Waals surface area (Å²) in [5, 5.41) is 0.642. The summed E-state index contributed by atoms with van der Waals surface area (Å²) in [4.78, 5) is 22.4. The van der Waals surface area contributed by atoms with Crippen LogP contribution in [-0.2, 0) is 0 Å². The molecule has 1 N–H and O–H groups in total. The Morgan fingerprint density at radius 1 is 0.756 bits per heavy atom. The smallest absolute Gasteiger partial charge is 0.138 e. The Morgan fingerprint density at radius 3 is 2.32 bits per heavy atom. The van der Waals surface area contributed by atoms with Crippen LogP contribution in [0, 0.1) is 0 Å². The van der Waals surface area contributed by atoms with Gasteiger partial charge >= 0.3 is 0 Å². The lowest BCUT2D eigenvalue weighted by Crippen LogP contribution is -2.43. The van der Waals surface area contributed by atoms with Crippen LogP contribution in [-0.4, -0.2) is 39.1 Å². The zero-order valence-corrected chi connectivity index (χ0v) is 23.2. The molecule has 1 saturated heterocycles. The topological polar surface area (TPSA) is 60.9 Å². The van der Waals surface area contributed by atoms with E-state index in [1.165, 1.54) is 5.69 Å². The fourth-order valence-corrected chi connectivity index (χ4v) is 5.95. The highest BCUT2D eigenvalue weighted by atomic mass is 35.5. The number of hydrogen-bond acceptors (Lipinski definition) is 5. The second kappa shape index (κ2) is 11.1. The number of hydrogen-bond donors (Lipinski definition) is 1. The number of imidazole rings is 1. The van der Waals surface area contributed by atoms with Crippen LogP contribution in [0.15, 0.2) is 116 Å². The van der Waals surface area contributed by atoms with Crippen LogP contribution in [0.4, 0.5) is 17.2 Å². The molecule has 0 saturated carbocycles. The van der Waals surface area contributed by atoms with E-state index in [4.69, 9.17) is 21.6 Å². The average Bonchev–Trinajstić information content (AvgIpc) is 3.49. The minimum atomic E-state index is 0.338. The highest BCUT2D eigenvalue weighted by molar-refractivity contribution is 6.35. The molecule has 0 amide bonds. The lowest BCUT2D eigenvalue weighted by atomic mass is 10.0. The molecular weight excluding hydrogens is 528 g/mol. The monoisotopic (exact) mass is 556 g/mol. The summed E-state index contributed by atoms with van der Waals surface area (Å²) in [5.74, 6) is 1.75. The summed E-state index contributed by atoms with van der Waals surface area (Å²) >= 11 is 6.38. The van der Waals surface area contributed by atoms with E-state index in [9.17, 15) is 0 Å². The number of fused-ring (bicyclic) bond motifs is 1. The molecule has 0 radical (unpaired) electrons.